The van der Waals surface area contributed by atoms with Crippen LogP contribution in [0.15, 0.2) is 21.5 Å². The average molecular weight is 420 g/mol. The maximum Gasteiger partial charge on any atom is 0.241 e. The number of rotatable bonds is 5. The van der Waals surface area contributed by atoms with Gasteiger partial charge in [-0.15, -0.1) is 0 Å². The molecule has 0 aromatic heterocycles. The van der Waals surface area contributed by atoms with Gasteiger partial charge in [0.05, 0.1) is 14.1 Å². The molecule has 0 atom stereocenters. The number of hydrogen-bond donors (Lipinski definition) is 2. The molecule has 0 radical (unpaired) electrons. The maximum absolute atomic E-state index is 12.3. The first kappa shape index (κ1) is 18.7. The van der Waals surface area contributed by atoms with E-state index in [1.807, 2.05) is 0 Å². The van der Waals surface area contributed by atoms with Crippen LogP contribution in [0, 0.1) is 0 Å². The largest absolute Gasteiger partial charge is 0.398 e. The van der Waals surface area contributed by atoms with Crippen LogP contribution in [0.4, 0.5) is 5.69 Å². The molecule has 0 saturated carbocycles. The van der Waals surface area contributed by atoms with E-state index in [2.05, 4.69) is 20.7 Å². The number of nitrogens with one attached hydrogen (secondary N) is 1. The summed E-state index contributed by atoms with van der Waals surface area (Å²) in [7, 11) is -7.38. The Kier molecular flexibility index (Phi) is 5.37. The van der Waals surface area contributed by atoms with Crippen molar-refractivity contribution < 1.29 is 16.8 Å². The minimum Gasteiger partial charge on any atom is -0.398 e. The molecule has 0 bridgehead atoms. The highest BCUT2D eigenvalue weighted by molar-refractivity contribution is 9.10. The smallest absolute Gasteiger partial charge is 0.241 e. The van der Waals surface area contributed by atoms with E-state index >= 15 is 0 Å². The molecule has 10 heteroatoms. The summed E-state index contributed by atoms with van der Waals surface area (Å²) in [5.41, 5.74) is 5.82. The van der Waals surface area contributed by atoms with E-state index in [4.69, 9.17) is 17.3 Å². The van der Waals surface area contributed by atoms with Gasteiger partial charge < -0.3 is 5.73 Å². The van der Waals surface area contributed by atoms with Gasteiger partial charge in [0.15, 0.2) is 9.84 Å². The van der Waals surface area contributed by atoms with Gasteiger partial charge in [-0.1, -0.05) is 11.6 Å². The van der Waals surface area contributed by atoms with Gasteiger partial charge in [-0.2, -0.15) is 0 Å². The monoisotopic (exact) mass is 418 g/mol. The first-order valence-corrected chi connectivity index (χ1v) is 10.3. The average Bonchev–Trinajstić information content (AvgIpc) is 2.30. The Hall–Kier alpha value is -0.350. The number of hydrogen-bond acceptors (Lipinski definition) is 5. The number of sulfone groups is 1. The van der Waals surface area contributed by atoms with E-state index in [0.717, 1.165) is 6.26 Å². The van der Waals surface area contributed by atoms with Crippen molar-refractivity contribution in [3.8, 4) is 0 Å². The van der Waals surface area contributed by atoms with Gasteiger partial charge >= 0.3 is 0 Å². The molecule has 6 nitrogen and oxygen atoms in total. The van der Waals surface area contributed by atoms with Crippen LogP contribution in [0.1, 0.15) is 13.8 Å². The molecule has 0 amide bonds. The first-order valence-electron chi connectivity index (χ1n) is 5.72. The van der Waals surface area contributed by atoms with Crippen LogP contribution in [0.3, 0.4) is 0 Å². The van der Waals surface area contributed by atoms with E-state index in [9.17, 15) is 16.8 Å². The minimum atomic E-state index is -3.96. The van der Waals surface area contributed by atoms with Crippen molar-refractivity contribution in [2.24, 2.45) is 0 Å². The van der Waals surface area contributed by atoms with Gasteiger partial charge in [-0.25, -0.2) is 21.6 Å². The molecule has 1 rings (SSSR count). The van der Waals surface area contributed by atoms with Crippen molar-refractivity contribution in [1.29, 1.82) is 0 Å². The van der Waals surface area contributed by atoms with Crippen LogP contribution in [0.5, 0.6) is 0 Å². The molecule has 0 aliphatic carbocycles. The second-order valence-corrected chi connectivity index (χ2v) is 10.8. The lowest BCUT2D eigenvalue weighted by molar-refractivity contribution is 0.537. The van der Waals surface area contributed by atoms with E-state index in [1.165, 1.54) is 26.0 Å². The van der Waals surface area contributed by atoms with Crippen molar-refractivity contribution in [3.63, 3.8) is 0 Å². The Labute approximate surface area is 138 Å². The predicted octanol–water partition coefficient (Wildman–Crippen LogP) is 1.79. The molecule has 0 aliphatic rings. The fourth-order valence-corrected chi connectivity index (χ4v) is 4.19. The molecule has 0 heterocycles. The predicted molar refractivity (Wildman–Crippen MR) is 87.7 cm³/mol. The van der Waals surface area contributed by atoms with E-state index in [1.54, 1.807) is 0 Å². The molecule has 1 aromatic rings. The van der Waals surface area contributed by atoms with Gasteiger partial charge in [-0.3, -0.25) is 0 Å². The lowest BCUT2D eigenvalue weighted by Gasteiger charge is -2.23. The molecule has 0 spiro atoms. The quantitative estimate of drug-likeness (QED) is 0.708. The van der Waals surface area contributed by atoms with Crippen LogP contribution in [-0.2, 0) is 19.9 Å². The molecule has 0 saturated heterocycles. The summed E-state index contributed by atoms with van der Waals surface area (Å²) >= 11 is 8.89. The molecule has 21 heavy (non-hydrogen) atoms. The van der Waals surface area contributed by atoms with Crippen LogP contribution in [0.2, 0.25) is 5.02 Å². The van der Waals surface area contributed by atoms with Crippen molar-refractivity contribution in [2.75, 3.05) is 18.5 Å². The number of anilines is 1. The van der Waals surface area contributed by atoms with Gasteiger partial charge in [0.1, 0.15) is 0 Å². The van der Waals surface area contributed by atoms with Gasteiger partial charge in [-0.05, 0) is 41.9 Å². The lowest BCUT2D eigenvalue weighted by Crippen LogP contribution is -2.43. The van der Waals surface area contributed by atoms with Gasteiger partial charge in [0, 0.05) is 23.5 Å². The van der Waals surface area contributed by atoms with Crippen LogP contribution in [-0.4, -0.2) is 34.4 Å². The Balaban J connectivity index is 3.15. The lowest BCUT2D eigenvalue weighted by atomic mass is 10.2. The maximum atomic E-state index is 12.3. The summed E-state index contributed by atoms with van der Waals surface area (Å²) in [6.45, 7) is 2.60. The summed E-state index contributed by atoms with van der Waals surface area (Å²) in [5, 5.41) is 0.165. The fourth-order valence-electron chi connectivity index (χ4n) is 1.26. The normalized spacial score (nSPS) is 13.4. The highest BCUT2D eigenvalue weighted by Gasteiger charge is 2.32. The number of halogens is 2. The fraction of sp³-hybridized carbons (Fsp3) is 0.455. The van der Waals surface area contributed by atoms with Crippen molar-refractivity contribution >= 4 is 53.1 Å². The molecule has 0 aliphatic heterocycles. The molecule has 1 aromatic carbocycles. The van der Waals surface area contributed by atoms with Crippen LogP contribution < -0.4 is 10.5 Å². The Morgan fingerprint density at radius 3 is 2.29 bits per heavy atom. The molecular weight excluding hydrogens is 404 g/mol. The zero-order valence-corrected chi connectivity index (χ0v) is 15.6. The molecule has 0 unspecified atom stereocenters. The summed E-state index contributed by atoms with van der Waals surface area (Å²) in [6, 6.07) is 2.64. The van der Waals surface area contributed by atoms with Crippen molar-refractivity contribution in [3.05, 3.63) is 21.6 Å². The number of sulfonamides is 1. The number of nitrogens with two attached hydrogens (primary N) is 1. The Morgan fingerprint density at radius 1 is 1.29 bits per heavy atom. The summed E-state index contributed by atoms with van der Waals surface area (Å²) in [4.78, 5) is -0.142. The third-order valence-corrected chi connectivity index (χ3v) is 7.96. The Morgan fingerprint density at radius 2 is 1.81 bits per heavy atom. The second-order valence-electron chi connectivity index (χ2n) is 5.16. The highest BCUT2D eigenvalue weighted by atomic mass is 79.9. The minimum absolute atomic E-state index is 0.142. The number of nitrogen functional groups attached to an aromatic ring is 1. The van der Waals surface area contributed by atoms with E-state index in [-0.39, 0.29) is 26.6 Å². The summed E-state index contributed by atoms with van der Waals surface area (Å²) < 4.78 is 49.0. The third-order valence-electron chi connectivity index (χ3n) is 3.01. The van der Waals surface area contributed by atoms with Crippen molar-refractivity contribution in [2.45, 2.75) is 23.5 Å². The van der Waals surface area contributed by atoms with Gasteiger partial charge in [0.2, 0.25) is 10.0 Å². The molecular formula is C11H16BrClN2O4S2. The van der Waals surface area contributed by atoms with Crippen molar-refractivity contribution in [1.82, 2.24) is 4.72 Å². The molecule has 120 valence electrons. The van der Waals surface area contributed by atoms with E-state index < -0.39 is 24.6 Å². The Bertz CT molecular complexity index is 761. The second kappa shape index (κ2) is 6.04. The molecule has 3 N–H and O–H groups in total. The zero-order chi connectivity index (χ0) is 16.6. The van der Waals surface area contributed by atoms with Crippen LogP contribution >= 0.6 is 27.5 Å². The van der Waals surface area contributed by atoms with E-state index in [0.29, 0.717) is 0 Å². The first-order chi connectivity index (χ1) is 9.28. The topological polar surface area (TPSA) is 106 Å². The number of benzene rings is 1. The highest BCUT2D eigenvalue weighted by Crippen LogP contribution is 2.31. The van der Waals surface area contributed by atoms with Crippen LogP contribution in [0.25, 0.3) is 0 Å². The SMILES string of the molecule is CC(C)(CNS(=O)(=O)c1cc(Cl)cc(N)c1Br)S(C)(=O)=O. The summed E-state index contributed by atoms with van der Waals surface area (Å²) in [5.74, 6) is 0. The van der Waals surface area contributed by atoms with Gasteiger partial charge in [0.25, 0.3) is 0 Å². The summed E-state index contributed by atoms with van der Waals surface area (Å²) in [6.07, 6.45) is 1.05. The standard InChI is InChI=1S/C11H16BrClN2O4S2/c1-11(2,20(3,16)17)6-15-21(18,19)9-5-7(13)4-8(14)10(9)12/h4-5,15H,6,14H2,1-3H3. The zero-order valence-electron chi connectivity index (χ0n) is 11.6. The molecule has 0 fully saturated rings. The third kappa shape index (κ3) is 4.32.